The lowest BCUT2D eigenvalue weighted by Crippen LogP contribution is -2.47. The molecule has 3 heterocycles. The first-order valence-corrected chi connectivity index (χ1v) is 9.59. The van der Waals surface area contributed by atoms with Crippen molar-refractivity contribution >= 4 is 17.6 Å². The number of aliphatic imine (C=N–C) groups is 1. The van der Waals surface area contributed by atoms with Crippen molar-refractivity contribution in [1.82, 2.24) is 35.5 Å². The van der Waals surface area contributed by atoms with Crippen LogP contribution in [0.15, 0.2) is 40.1 Å². The van der Waals surface area contributed by atoms with Crippen LogP contribution in [-0.4, -0.2) is 43.5 Å². The van der Waals surface area contributed by atoms with E-state index < -0.39 is 0 Å². The highest BCUT2D eigenvalue weighted by atomic mass is 35.5. The smallest absolute Gasteiger partial charge is 0.248 e. The fourth-order valence-corrected chi connectivity index (χ4v) is 3.27. The average Bonchev–Trinajstić information content (AvgIpc) is 3.35. The van der Waals surface area contributed by atoms with Crippen LogP contribution in [0.2, 0.25) is 5.02 Å². The Bertz CT molecular complexity index is 966. The van der Waals surface area contributed by atoms with Crippen LogP contribution in [0, 0.1) is 0 Å². The van der Waals surface area contributed by atoms with Gasteiger partial charge >= 0.3 is 0 Å². The van der Waals surface area contributed by atoms with Gasteiger partial charge < -0.3 is 15.2 Å². The summed E-state index contributed by atoms with van der Waals surface area (Å²) in [6.45, 7) is 3.83. The Labute approximate surface area is 167 Å². The summed E-state index contributed by atoms with van der Waals surface area (Å²) in [6, 6.07) is 7.57. The number of nitrogens with one attached hydrogen (secondary N) is 2. The summed E-state index contributed by atoms with van der Waals surface area (Å²) < 4.78 is 7.25. The second-order valence-electron chi connectivity index (χ2n) is 6.46. The lowest BCUT2D eigenvalue weighted by atomic mass is 10.1. The Morgan fingerprint density at radius 1 is 1.43 bits per heavy atom. The lowest BCUT2D eigenvalue weighted by molar-refractivity contribution is 0.378. The van der Waals surface area contributed by atoms with E-state index in [0.717, 1.165) is 37.3 Å². The van der Waals surface area contributed by atoms with E-state index in [1.54, 1.807) is 18.5 Å². The van der Waals surface area contributed by atoms with E-state index in [1.165, 1.54) is 0 Å². The summed E-state index contributed by atoms with van der Waals surface area (Å²) >= 11 is 6.02. The SMILES string of the molecule is CCNC(=NCc1nc(-c2cccc(Cl)c2)no1)NC1CCc2ncnn2C1. The van der Waals surface area contributed by atoms with Gasteiger partial charge in [-0.3, -0.25) is 0 Å². The zero-order chi connectivity index (χ0) is 19.3. The van der Waals surface area contributed by atoms with Gasteiger partial charge in [0.05, 0.1) is 6.54 Å². The second kappa shape index (κ2) is 8.39. The second-order valence-corrected chi connectivity index (χ2v) is 6.89. The quantitative estimate of drug-likeness (QED) is 0.498. The molecule has 0 bridgehead atoms. The number of halogens is 1. The van der Waals surface area contributed by atoms with Gasteiger partial charge in [-0.2, -0.15) is 10.1 Å². The van der Waals surface area contributed by atoms with Gasteiger partial charge in [0.1, 0.15) is 18.7 Å². The van der Waals surface area contributed by atoms with Crippen molar-refractivity contribution in [2.24, 2.45) is 4.99 Å². The topological polar surface area (TPSA) is 106 Å². The van der Waals surface area contributed by atoms with E-state index in [9.17, 15) is 0 Å². The molecular formula is C18H21ClN8O. The minimum Gasteiger partial charge on any atom is -0.357 e. The summed E-state index contributed by atoms with van der Waals surface area (Å²) in [7, 11) is 0. The van der Waals surface area contributed by atoms with Gasteiger partial charge in [-0.05, 0) is 25.5 Å². The molecule has 0 aliphatic carbocycles. The van der Waals surface area contributed by atoms with Crippen LogP contribution in [0.3, 0.4) is 0 Å². The molecule has 0 saturated carbocycles. The monoisotopic (exact) mass is 400 g/mol. The number of rotatable bonds is 5. The van der Waals surface area contributed by atoms with Crippen LogP contribution in [0.25, 0.3) is 11.4 Å². The van der Waals surface area contributed by atoms with Crippen LogP contribution in [0.5, 0.6) is 0 Å². The maximum Gasteiger partial charge on any atom is 0.248 e. The van der Waals surface area contributed by atoms with Gasteiger partial charge in [0.15, 0.2) is 5.96 Å². The zero-order valence-electron chi connectivity index (χ0n) is 15.5. The largest absolute Gasteiger partial charge is 0.357 e. The van der Waals surface area contributed by atoms with Gasteiger partial charge in [-0.25, -0.2) is 14.7 Å². The van der Waals surface area contributed by atoms with Crippen molar-refractivity contribution in [3.8, 4) is 11.4 Å². The van der Waals surface area contributed by atoms with Gasteiger partial charge in [0.2, 0.25) is 11.7 Å². The van der Waals surface area contributed by atoms with Gasteiger partial charge in [0.25, 0.3) is 0 Å². The van der Waals surface area contributed by atoms with Gasteiger partial charge in [-0.1, -0.05) is 28.9 Å². The predicted molar refractivity (Wildman–Crippen MR) is 105 cm³/mol. The minimum absolute atomic E-state index is 0.233. The fraction of sp³-hybridized carbons (Fsp3) is 0.389. The minimum atomic E-state index is 0.233. The fourth-order valence-electron chi connectivity index (χ4n) is 3.08. The summed E-state index contributed by atoms with van der Waals surface area (Å²) in [5, 5.41) is 15.6. The van der Waals surface area contributed by atoms with E-state index >= 15 is 0 Å². The number of fused-ring (bicyclic) bond motifs is 1. The molecule has 9 nitrogen and oxygen atoms in total. The molecule has 2 aromatic heterocycles. The molecule has 0 spiro atoms. The van der Waals surface area contributed by atoms with Crippen molar-refractivity contribution < 1.29 is 4.52 Å². The van der Waals surface area contributed by atoms with Crippen molar-refractivity contribution in [2.45, 2.75) is 38.9 Å². The maximum absolute atomic E-state index is 6.02. The zero-order valence-corrected chi connectivity index (χ0v) is 16.2. The first kappa shape index (κ1) is 18.4. The van der Waals surface area contributed by atoms with E-state index in [-0.39, 0.29) is 12.6 Å². The molecule has 0 saturated heterocycles. The van der Waals surface area contributed by atoms with Crippen molar-refractivity contribution in [2.75, 3.05) is 6.54 Å². The van der Waals surface area contributed by atoms with Crippen LogP contribution < -0.4 is 10.6 Å². The summed E-state index contributed by atoms with van der Waals surface area (Å²) in [5.41, 5.74) is 0.808. The highest BCUT2D eigenvalue weighted by molar-refractivity contribution is 6.30. The molecule has 0 fully saturated rings. The molecule has 0 amide bonds. The first-order valence-electron chi connectivity index (χ1n) is 9.21. The van der Waals surface area contributed by atoms with Crippen molar-refractivity contribution in [3.63, 3.8) is 0 Å². The van der Waals surface area contributed by atoms with Crippen LogP contribution in [0.4, 0.5) is 0 Å². The van der Waals surface area contributed by atoms with E-state index in [1.807, 2.05) is 23.7 Å². The van der Waals surface area contributed by atoms with Crippen LogP contribution in [-0.2, 0) is 19.5 Å². The maximum atomic E-state index is 6.02. The molecule has 1 atom stereocenters. The third kappa shape index (κ3) is 4.30. The normalized spacial score (nSPS) is 16.6. The highest BCUT2D eigenvalue weighted by Crippen LogP contribution is 2.20. The van der Waals surface area contributed by atoms with E-state index in [0.29, 0.717) is 22.7 Å². The molecule has 4 rings (SSSR count). The van der Waals surface area contributed by atoms with Crippen molar-refractivity contribution in [3.05, 3.63) is 47.3 Å². The van der Waals surface area contributed by atoms with Gasteiger partial charge in [0, 0.05) is 29.6 Å². The summed E-state index contributed by atoms with van der Waals surface area (Å²) in [6.07, 6.45) is 3.47. The number of aryl methyl sites for hydroxylation is 1. The molecule has 3 aromatic rings. The van der Waals surface area contributed by atoms with Crippen LogP contribution >= 0.6 is 11.6 Å². The molecule has 0 radical (unpaired) electrons. The van der Waals surface area contributed by atoms with Crippen LogP contribution in [0.1, 0.15) is 25.1 Å². The number of nitrogens with zero attached hydrogens (tertiary/aromatic N) is 6. The third-order valence-corrected chi connectivity index (χ3v) is 4.65. The highest BCUT2D eigenvalue weighted by Gasteiger charge is 2.20. The Kier molecular flexibility index (Phi) is 5.52. The Balaban J connectivity index is 1.41. The third-order valence-electron chi connectivity index (χ3n) is 4.41. The Morgan fingerprint density at radius 3 is 3.21 bits per heavy atom. The standard InChI is InChI=1S/C18H21ClN8O/c1-2-20-18(24-14-6-7-15-22-11-23-27(15)10-14)21-9-16-25-17(26-28-16)12-4-3-5-13(19)8-12/h3-5,8,11,14H,2,6-7,9-10H2,1H3,(H2,20,21,24). The molecule has 1 aliphatic rings. The number of aromatic nitrogens is 5. The van der Waals surface area contributed by atoms with Gasteiger partial charge in [-0.15, -0.1) is 0 Å². The number of hydrogen-bond acceptors (Lipinski definition) is 6. The summed E-state index contributed by atoms with van der Waals surface area (Å²) in [5.74, 6) is 2.67. The lowest BCUT2D eigenvalue weighted by Gasteiger charge is -2.25. The summed E-state index contributed by atoms with van der Waals surface area (Å²) in [4.78, 5) is 13.2. The first-order chi connectivity index (χ1) is 13.7. The molecular weight excluding hydrogens is 380 g/mol. The molecule has 1 aliphatic heterocycles. The molecule has 146 valence electrons. The Morgan fingerprint density at radius 2 is 2.36 bits per heavy atom. The molecule has 1 unspecified atom stereocenters. The Hall–Kier alpha value is -2.94. The number of hydrogen-bond donors (Lipinski definition) is 2. The van der Waals surface area contributed by atoms with Crippen molar-refractivity contribution in [1.29, 1.82) is 0 Å². The molecule has 10 heteroatoms. The molecule has 28 heavy (non-hydrogen) atoms. The number of guanidine groups is 1. The van der Waals surface area contributed by atoms with E-state index in [4.69, 9.17) is 16.1 Å². The average molecular weight is 401 g/mol. The van der Waals surface area contributed by atoms with E-state index in [2.05, 4.69) is 35.8 Å². The predicted octanol–water partition coefficient (Wildman–Crippen LogP) is 2.05. The number of benzene rings is 1. The molecule has 2 N–H and O–H groups in total. The molecule has 1 aromatic carbocycles.